The number of fused-ring (bicyclic) bond motifs is 1. The summed E-state index contributed by atoms with van der Waals surface area (Å²) in [4.78, 5) is 0. The summed E-state index contributed by atoms with van der Waals surface area (Å²) in [5.41, 5.74) is 5.39. The SMILES string of the molecule is CC(COc1ccc2ccccc2c1)C(=N)N. The zero-order chi connectivity index (χ0) is 12.3. The second kappa shape index (κ2) is 4.87. The summed E-state index contributed by atoms with van der Waals surface area (Å²) < 4.78 is 5.62. The molecule has 0 bridgehead atoms. The first-order chi connectivity index (χ1) is 8.16. The topological polar surface area (TPSA) is 59.1 Å². The summed E-state index contributed by atoms with van der Waals surface area (Å²) in [6.45, 7) is 2.32. The molecule has 3 nitrogen and oxygen atoms in total. The van der Waals surface area contributed by atoms with Crippen LogP contribution in [0, 0.1) is 11.3 Å². The summed E-state index contributed by atoms with van der Waals surface area (Å²) in [5, 5.41) is 9.64. The molecule has 2 aromatic rings. The lowest BCUT2D eigenvalue weighted by molar-refractivity contribution is 0.292. The van der Waals surface area contributed by atoms with Gasteiger partial charge in [-0.15, -0.1) is 0 Å². The Labute approximate surface area is 101 Å². The van der Waals surface area contributed by atoms with E-state index in [0.717, 1.165) is 11.1 Å². The molecular weight excluding hydrogens is 212 g/mol. The van der Waals surface area contributed by atoms with Crippen LogP contribution < -0.4 is 10.5 Å². The van der Waals surface area contributed by atoms with Gasteiger partial charge in [-0.25, -0.2) is 0 Å². The highest BCUT2D eigenvalue weighted by atomic mass is 16.5. The van der Waals surface area contributed by atoms with E-state index in [-0.39, 0.29) is 11.8 Å². The highest BCUT2D eigenvalue weighted by Crippen LogP contribution is 2.20. The van der Waals surface area contributed by atoms with Crippen molar-refractivity contribution in [3.8, 4) is 5.75 Å². The van der Waals surface area contributed by atoms with E-state index >= 15 is 0 Å². The largest absolute Gasteiger partial charge is 0.493 e. The van der Waals surface area contributed by atoms with E-state index < -0.39 is 0 Å². The van der Waals surface area contributed by atoms with Gasteiger partial charge >= 0.3 is 0 Å². The molecule has 2 aromatic carbocycles. The van der Waals surface area contributed by atoms with Gasteiger partial charge in [-0.1, -0.05) is 37.3 Å². The molecule has 3 N–H and O–H groups in total. The van der Waals surface area contributed by atoms with E-state index in [9.17, 15) is 0 Å². The van der Waals surface area contributed by atoms with Crippen LogP contribution in [0.25, 0.3) is 10.8 Å². The Bertz CT molecular complexity index is 536. The third-order valence-electron chi connectivity index (χ3n) is 2.75. The fraction of sp³-hybridized carbons (Fsp3) is 0.214. The van der Waals surface area contributed by atoms with Crippen LogP contribution in [0.4, 0.5) is 0 Å². The monoisotopic (exact) mass is 228 g/mol. The first kappa shape index (κ1) is 11.5. The van der Waals surface area contributed by atoms with Crippen molar-refractivity contribution in [2.45, 2.75) is 6.92 Å². The van der Waals surface area contributed by atoms with Gasteiger partial charge in [0.25, 0.3) is 0 Å². The number of rotatable bonds is 4. The van der Waals surface area contributed by atoms with Crippen molar-refractivity contribution in [2.24, 2.45) is 11.7 Å². The lowest BCUT2D eigenvalue weighted by Gasteiger charge is -2.11. The predicted molar refractivity (Wildman–Crippen MR) is 70.5 cm³/mol. The molecule has 1 unspecified atom stereocenters. The standard InChI is InChI=1S/C14H16N2O/c1-10(14(15)16)9-17-13-7-6-11-4-2-3-5-12(11)8-13/h2-8,10H,9H2,1H3,(H3,15,16). The predicted octanol–water partition coefficient (Wildman–Crippen LogP) is 2.79. The zero-order valence-electron chi connectivity index (χ0n) is 9.81. The number of hydrogen-bond donors (Lipinski definition) is 2. The van der Waals surface area contributed by atoms with E-state index in [0.29, 0.717) is 6.61 Å². The smallest absolute Gasteiger partial charge is 0.119 e. The van der Waals surface area contributed by atoms with Gasteiger partial charge in [-0.3, -0.25) is 5.41 Å². The van der Waals surface area contributed by atoms with Crippen LogP contribution >= 0.6 is 0 Å². The fourth-order valence-electron chi connectivity index (χ4n) is 1.57. The van der Waals surface area contributed by atoms with E-state index in [2.05, 4.69) is 12.1 Å². The highest BCUT2D eigenvalue weighted by molar-refractivity contribution is 5.83. The van der Waals surface area contributed by atoms with E-state index in [1.807, 2.05) is 37.3 Å². The number of nitrogens with one attached hydrogen (secondary N) is 1. The second-order valence-electron chi connectivity index (χ2n) is 4.18. The second-order valence-corrected chi connectivity index (χ2v) is 4.18. The Morgan fingerprint density at radius 2 is 1.94 bits per heavy atom. The van der Waals surface area contributed by atoms with Crippen LogP contribution in [0.3, 0.4) is 0 Å². The number of amidine groups is 1. The highest BCUT2D eigenvalue weighted by Gasteiger charge is 2.06. The van der Waals surface area contributed by atoms with Gasteiger partial charge < -0.3 is 10.5 Å². The number of ether oxygens (including phenoxy) is 1. The maximum atomic E-state index is 7.30. The fourth-order valence-corrected chi connectivity index (χ4v) is 1.57. The summed E-state index contributed by atoms with van der Waals surface area (Å²) >= 11 is 0. The van der Waals surface area contributed by atoms with Crippen molar-refractivity contribution in [1.29, 1.82) is 5.41 Å². The first-order valence-electron chi connectivity index (χ1n) is 5.62. The molecular formula is C14H16N2O. The Morgan fingerprint density at radius 1 is 1.24 bits per heavy atom. The van der Waals surface area contributed by atoms with Crippen LogP contribution in [0.15, 0.2) is 42.5 Å². The van der Waals surface area contributed by atoms with Gasteiger partial charge in [0, 0.05) is 5.92 Å². The van der Waals surface area contributed by atoms with E-state index in [4.69, 9.17) is 15.9 Å². The Balaban J connectivity index is 2.12. The molecule has 0 aromatic heterocycles. The molecule has 2 rings (SSSR count). The average Bonchev–Trinajstić information content (AvgIpc) is 2.35. The maximum absolute atomic E-state index is 7.30. The molecule has 3 heteroatoms. The molecule has 0 aliphatic heterocycles. The van der Waals surface area contributed by atoms with Crippen molar-refractivity contribution >= 4 is 16.6 Å². The van der Waals surface area contributed by atoms with Crippen LogP contribution in [-0.2, 0) is 0 Å². The van der Waals surface area contributed by atoms with Crippen molar-refractivity contribution in [3.63, 3.8) is 0 Å². The number of nitrogens with two attached hydrogens (primary N) is 1. The van der Waals surface area contributed by atoms with Gasteiger partial charge in [0.15, 0.2) is 0 Å². The Hall–Kier alpha value is -2.03. The van der Waals surface area contributed by atoms with Crippen molar-refractivity contribution in [3.05, 3.63) is 42.5 Å². The van der Waals surface area contributed by atoms with E-state index in [1.165, 1.54) is 5.39 Å². The summed E-state index contributed by atoms with van der Waals surface area (Å²) in [5.74, 6) is 0.920. The third kappa shape index (κ3) is 2.75. The van der Waals surface area contributed by atoms with Crippen molar-refractivity contribution in [1.82, 2.24) is 0 Å². The van der Waals surface area contributed by atoms with Gasteiger partial charge in [-0.05, 0) is 22.9 Å². The molecule has 17 heavy (non-hydrogen) atoms. The van der Waals surface area contributed by atoms with Crippen LogP contribution in [0.2, 0.25) is 0 Å². The quantitative estimate of drug-likeness (QED) is 0.624. The molecule has 0 heterocycles. The molecule has 0 amide bonds. The molecule has 0 spiro atoms. The molecule has 0 aliphatic rings. The molecule has 0 saturated carbocycles. The van der Waals surface area contributed by atoms with Gasteiger partial charge in [0.05, 0.1) is 12.4 Å². The van der Waals surface area contributed by atoms with Crippen LogP contribution in [0.5, 0.6) is 5.75 Å². The van der Waals surface area contributed by atoms with Crippen molar-refractivity contribution in [2.75, 3.05) is 6.61 Å². The first-order valence-corrected chi connectivity index (χ1v) is 5.62. The summed E-state index contributed by atoms with van der Waals surface area (Å²) in [6.07, 6.45) is 0. The Kier molecular flexibility index (Phi) is 3.28. The normalized spacial score (nSPS) is 12.3. The van der Waals surface area contributed by atoms with Gasteiger partial charge in [0.2, 0.25) is 0 Å². The third-order valence-corrected chi connectivity index (χ3v) is 2.75. The van der Waals surface area contributed by atoms with E-state index in [1.54, 1.807) is 0 Å². The number of hydrogen-bond acceptors (Lipinski definition) is 2. The lowest BCUT2D eigenvalue weighted by atomic mass is 10.1. The lowest BCUT2D eigenvalue weighted by Crippen LogP contribution is -2.25. The number of benzene rings is 2. The molecule has 0 radical (unpaired) electrons. The van der Waals surface area contributed by atoms with Gasteiger partial charge in [-0.2, -0.15) is 0 Å². The summed E-state index contributed by atoms with van der Waals surface area (Å²) in [7, 11) is 0. The minimum Gasteiger partial charge on any atom is -0.493 e. The van der Waals surface area contributed by atoms with Gasteiger partial charge in [0.1, 0.15) is 5.75 Å². The minimum absolute atomic E-state index is 0.0542. The average molecular weight is 228 g/mol. The maximum Gasteiger partial charge on any atom is 0.119 e. The zero-order valence-corrected chi connectivity index (χ0v) is 9.81. The molecule has 88 valence electrons. The van der Waals surface area contributed by atoms with Crippen LogP contribution in [-0.4, -0.2) is 12.4 Å². The molecule has 0 saturated heterocycles. The Morgan fingerprint density at radius 3 is 2.65 bits per heavy atom. The molecule has 0 aliphatic carbocycles. The molecule has 1 atom stereocenters. The molecule has 0 fully saturated rings. The van der Waals surface area contributed by atoms with Crippen LogP contribution in [0.1, 0.15) is 6.92 Å². The summed E-state index contributed by atoms with van der Waals surface area (Å²) in [6, 6.07) is 14.1. The minimum atomic E-state index is -0.0542. The van der Waals surface area contributed by atoms with Crippen molar-refractivity contribution < 1.29 is 4.74 Å².